The number of nitrogen functional groups attached to an aromatic ring is 1. The molecule has 0 bridgehead atoms. The van der Waals surface area contributed by atoms with Crippen LogP contribution in [-0.4, -0.2) is 22.4 Å². The molecule has 0 saturated carbocycles. The number of ether oxygens (including phenoxy) is 1. The van der Waals surface area contributed by atoms with Crippen LogP contribution in [0.5, 0.6) is 0 Å². The highest BCUT2D eigenvalue weighted by molar-refractivity contribution is 7.10. The number of nitriles is 1. The van der Waals surface area contributed by atoms with E-state index in [-0.39, 0.29) is 10.6 Å². The van der Waals surface area contributed by atoms with E-state index >= 15 is 0 Å². The van der Waals surface area contributed by atoms with E-state index < -0.39 is 18.0 Å². The van der Waals surface area contributed by atoms with Gasteiger partial charge in [0.05, 0.1) is 17.3 Å². The lowest BCUT2D eigenvalue weighted by Gasteiger charge is -2.13. The summed E-state index contributed by atoms with van der Waals surface area (Å²) >= 11 is 0.997. The van der Waals surface area contributed by atoms with E-state index in [1.165, 1.54) is 13.0 Å². The van der Waals surface area contributed by atoms with Gasteiger partial charge in [-0.1, -0.05) is 6.07 Å². The number of amides is 1. The summed E-state index contributed by atoms with van der Waals surface area (Å²) in [5, 5.41) is 11.7. The van der Waals surface area contributed by atoms with E-state index in [1.54, 1.807) is 25.1 Å². The molecule has 0 aliphatic rings. The highest BCUT2D eigenvalue weighted by atomic mass is 32.1. The van der Waals surface area contributed by atoms with E-state index in [1.807, 2.05) is 6.07 Å². The minimum atomic E-state index is -1.02. The normalized spacial score (nSPS) is 11.3. The summed E-state index contributed by atoms with van der Waals surface area (Å²) in [5.41, 5.74) is 7.19. The standard InChI is InChI=1S/C15H14N4O3S/c1-8-12(13(17)23-19-8)15(21)22-9(2)14(20)18-11-5-3-4-10(6-11)7-16/h3-6,9H,17H2,1-2H3,(H,18,20)/t9-/m1/s1. The molecule has 7 nitrogen and oxygen atoms in total. The number of esters is 1. The van der Waals surface area contributed by atoms with Crippen LogP contribution in [0.1, 0.15) is 28.5 Å². The number of aryl methyl sites for hydroxylation is 1. The summed E-state index contributed by atoms with van der Waals surface area (Å²) in [6.07, 6.45) is -1.02. The molecule has 0 unspecified atom stereocenters. The van der Waals surface area contributed by atoms with E-state index in [0.717, 1.165) is 11.5 Å². The zero-order valence-electron chi connectivity index (χ0n) is 12.5. The van der Waals surface area contributed by atoms with Crippen molar-refractivity contribution in [3.63, 3.8) is 0 Å². The van der Waals surface area contributed by atoms with Gasteiger partial charge in [-0.15, -0.1) is 0 Å². The van der Waals surface area contributed by atoms with Crippen molar-refractivity contribution in [1.29, 1.82) is 5.26 Å². The topological polar surface area (TPSA) is 118 Å². The summed E-state index contributed by atoms with van der Waals surface area (Å²) in [4.78, 5) is 24.1. The Morgan fingerprint density at radius 2 is 2.22 bits per heavy atom. The molecule has 3 N–H and O–H groups in total. The number of aromatic nitrogens is 1. The fraction of sp³-hybridized carbons (Fsp3) is 0.200. The molecule has 1 aromatic carbocycles. The van der Waals surface area contributed by atoms with Crippen LogP contribution in [0.4, 0.5) is 10.7 Å². The predicted molar refractivity (Wildman–Crippen MR) is 85.9 cm³/mol. The fourth-order valence-electron chi connectivity index (χ4n) is 1.82. The van der Waals surface area contributed by atoms with Crippen LogP contribution in [0.15, 0.2) is 24.3 Å². The summed E-state index contributed by atoms with van der Waals surface area (Å²) in [6, 6.07) is 8.40. The molecular formula is C15H14N4O3S. The summed E-state index contributed by atoms with van der Waals surface area (Å²) < 4.78 is 9.08. The van der Waals surface area contributed by atoms with Gasteiger partial charge in [-0.2, -0.15) is 9.64 Å². The Labute approximate surface area is 136 Å². The van der Waals surface area contributed by atoms with Gasteiger partial charge in [-0.3, -0.25) is 4.79 Å². The first-order valence-corrected chi connectivity index (χ1v) is 7.43. The summed E-state index contributed by atoms with van der Waals surface area (Å²) in [5.74, 6) is -1.20. The average molecular weight is 330 g/mol. The van der Waals surface area contributed by atoms with Crippen molar-refractivity contribution < 1.29 is 14.3 Å². The van der Waals surface area contributed by atoms with Crippen LogP contribution in [-0.2, 0) is 9.53 Å². The molecule has 0 aliphatic carbocycles. The third-order valence-electron chi connectivity index (χ3n) is 3.01. The van der Waals surface area contributed by atoms with Gasteiger partial charge in [0.25, 0.3) is 5.91 Å². The molecule has 118 valence electrons. The van der Waals surface area contributed by atoms with E-state index in [2.05, 4.69) is 9.69 Å². The largest absolute Gasteiger partial charge is 0.449 e. The smallest absolute Gasteiger partial charge is 0.343 e. The second-order valence-electron chi connectivity index (χ2n) is 4.74. The molecule has 1 heterocycles. The van der Waals surface area contributed by atoms with Crippen molar-refractivity contribution in [1.82, 2.24) is 4.37 Å². The minimum Gasteiger partial charge on any atom is -0.449 e. The number of carbonyl (C=O) groups is 2. The molecule has 1 aromatic heterocycles. The Balaban J connectivity index is 2.03. The van der Waals surface area contributed by atoms with Gasteiger partial charge in [-0.05, 0) is 43.6 Å². The van der Waals surface area contributed by atoms with Gasteiger partial charge >= 0.3 is 5.97 Å². The molecular weight excluding hydrogens is 316 g/mol. The second-order valence-corrected chi connectivity index (χ2v) is 5.54. The third kappa shape index (κ3) is 3.84. The number of anilines is 2. The van der Waals surface area contributed by atoms with Gasteiger partial charge < -0.3 is 15.8 Å². The number of nitrogens with zero attached hydrogens (tertiary/aromatic N) is 2. The first kappa shape index (κ1) is 16.5. The Morgan fingerprint density at radius 3 is 2.83 bits per heavy atom. The van der Waals surface area contributed by atoms with Crippen molar-refractivity contribution in [2.24, 2.45) is 0 Å². The van der Waals surface area contributed by atoms with Gasteiger partial charge in [0.1, 0.15) is 10.6 Å². The van der Waals surface area contributed by atoms with E-state index in [0.29, 0.717) is 16.9 Å². The van der Waals surface area contributed by atoms with Gasteiger partial charge in [0, 0.05) is 5.69 Å². The van der Waals surface area contributed by atoms with Crippen molar-refractivity contribution >= 4 is 34.1 Å². The number of nitrogens with two attached hydrogens (primary N) is 1. The van der Waals surface area contributed by atoms with Crippen LogP contribution >= 0.6 is 11.5 Å². The summed E-state index contributed by atoms with van der Waals surface area (Å²) in [7, 11) is 0. The maximum absolute atomic E-state index is 12.1. The second kappa shape index (κ2) is 6.89. The Morgan fingerprint density at radius 1 is 1.48 bits per heavy atom. The molecule has 0 radical (unpaired) electrons. The zero-order valence-corrected chi connectivity index (χ0v) is 13.3. The van der Waals surface area contributed by atoms with Crippen LogP contribution in [0.25, 0.3) is 0 Å². The molecule has 2 aromatic rings. The van der Waals surface area contributed by atoms with Crippen LogP contribution < -0.4 is 11.1 Å². The Kier molecular flexibility index (Phi) is 4.93. The highest BCUT2D eigenvalue weighted by Gasteiger charge is 2.23. The number of benzene rings is 1. The molecule has 1 amide bonds. The quantitative estimate of drug-likeness (QED) is 0.829. The van der Waals surface area contributed by atoms with Crippen LogP contribution in [0.3, 0.4) is 0 Å². The number of hydrogen-bond acceptors (Lipinski definition) is 7. The first-order chi connectivity index (χ1) is 10.9. The predicted octanol–water partition coefficient (Wildman–Crippen LogP) is 2.09. The van der Waals surface area contributed by atoms with E-state index in [9.17, 15) is 9.59 Å². The van der Waals surface area contributed by atoms with Crippen molar-refractivity contribution in [3.05, 3.63) is 41.1 Å². The fourth-order valence-corrected chi connectivity index (χ4v) is 2.47. The lowest BCUT2D eigenvalue weighted by atomic mass is 10.2. The number of carbonyl (C=O) groups excluding carboxylic acids is 2. The summed E-state index contributed by atoms with van der Waals surface area (Å²) in [6.45, 7) is 3.09. The first-order valence-electron chi connectivity index (χ1n) is 6.66. The lowest BCUT2D eigenvalue weighted by molar-refractivity contribution is -0.123. The Hall–Kier alpha value is -2.92. The van der Waals surface area contributed by atoms with Crippen molar-refractivity contribution in [2.45, 2.75) is 20.0 Å². The van der Waals surface area contributed by atoms with Gasteiger partial charge in [0.2, 0.25) is 0 Å². The molecule has 8 heteroatoms. The number of nitrogens with one attached hydrogen (secondary N) is 1. The highest BCUT2D eigenvalue weighted by Crippen LogP contribution is 2.22. The average Bonchev–Trinajstić information content (AvgIpc) is 2.86. The lowest BCUT2D eigenvalue weighted by Crippen LogP contribution is -2.30. The molecule has 0 fully saturated rings. The molecule has 2 rings (SSSR count). The van der Waals surface area contributed by atoms with E-state index in [4.69, 9.17) is 15.7 Å². The molecule has 0 saturated heterocycles. The minimum absolute atomic E-state index is 0.182. The zero-order chi connectivity index (χ0) is 17.0. The molecule has 23 heavy (non-hydrogen) atoms. The van der Waals surface area contributed by atoms with Crippen molar-refractivity contribution in [2.75, 3.05) is 11.1 Å². The Bertz CT molecular complexity index is 775. The third-order valence-corrected chi connectivity index (χ3v) is 3.77. The van der Waals surface area contributed by atoms with Crippen molar-refractivity contribution in [3.8, 4) is 6.07 Å². The number of hydrogen-bond donors (Lipinski definition) is 2. The SMILES string of the molecule is Cc1nsc(N)c1C(=O)O[C@H](C)C(=O)Nc1cccc(C#N)c1. The van der Waals surface area contributed by atoms with Crippen LogP contribution in [0.2, 0.25) is 0 Å². The van der Waals surface area contributed by atoms with Gasteiger partial charge in [-0.25, -0.2) is 4.79 Å². The molecule has 1 atom stereocenters. The van der Waals surface area contributed by atoms with Crippen LogP contribution in [0, 0.1) is 18.3 Å². The number of rotatable bonds is 4. The molecule has 0 spiro atoms. The maximum atomic E-state index is 12.1. The molecule has 0 aliphatic heterocycles. The van der Waals surface area contributed by atoms with Gasteiger partial charge in [0.15, 0.2) is 6.10 Å². The maximum Gasteiger partial charge on any atom is 0.343 e. The monoisotopic (exact) mass is 330 g/mol.